The topological polar surface area (TPSA) is 118 Å². The van der Waals surface area contributed by atoms with Crippen molar-refractivity contribution >= 4 is 63.0 Å². The number of H-pyrrole nitrogens is 1. The Labute approximate surface area is 259 Å². The van der Waals surface area contributed by atoms with Gasteiger partial charge in [-0.2, -0.15) is 0 Å². The molecule has 1 aromatic heterocycles. The van der Waals surface area contributed by atoms with Crippen molar-refractivity contribution in [2.75, 3.05) is 23.9 Å². The van der Waals surface area contributed by atoms with Gasteiger partial charge in [-0.05, 0) is 53.4 Å². The number of rotatable bonds is 7. The maximum Gasteiger partial charge on any atom is 0.305 e. The Bertz CT molecular complexity index is 1980. The number of fused-ring (bicyclic) bond motifs is 3. The molecule has 0 bridgehead atoms. The van der Waals surface area contributed by atoms with Crippen LogP contribution in [0.25, 0.3) is 10.8 Å². The van der Waals surface area contributed by atoms with Crippen LogP contribution >= 0.6 is 23.1 Å². The highest BCUT2D eigenvalue weighted by Gasteiger charge is 2.56. The van der Waals surface area contributed by atoms with E-state index >= 15 is 0 Å². The van der Waals surface area contributed by atoms with Gasteiger partial charge in [-0.25, -0.2) is 4.90 Å². The molecule has 0 saturated carbocycles. The lowest BCUT2D eigenvalue weighted by atomic mass is 9.83. The molecule has 0 aliphatic carbocycles. The summed E-state index contributed by atoms with van der Waals surface area (Å²) < 4.78 is 11.1. The van der Waals surface area contributed by atoms with Gasteiger partial charge in [0, 0.05) is 21.9 Å². The number of aromatic amines is 1. The summed E-state index contributed by atoms with van der Waals surface area (Å²) in [4.78, 5) is 57.4. The number of hydrogen-bond acceptors (Lipinski definition) is 8. The molecule has 2 aliphatic rings. The lowest BCUT2D eigenvalue weighted by molar-refractivity contribution is -0.122. The van der Waals surface area contributed by atoms with Crippen LogP contribution in [0.15, 0.2) is 101 Å². The van der Waals surface area contributed by atoms with Crippen LogP contribution in [0.1, 0.15) is 16.4 Å². The van der Waals surface area contributed by atoms with Gasteiger partial charge in [0.1, 0.15) is 16.7 Å². The minimum Gasteiger partial charge on any atom is -0.497 e. The number of thioether (sulfide) groups is 1. The highest BCUT2D eigenvalue weighted by molar-refractivity contribution is 8.00. The van der Waals surface area contributed by atoms with Crippen molar-refractivity contribution in [1.29, 1.82) is 0 Å². The van der Waals surface area contributed by atoms with Crippen molar-refractivity contribution < 1.29 is 23.9 Å². The lowest BCUT2D eigenvalue weighted by Gasteiger charge is -2.30. The molecule has 2 aliphatic heterocycles. The second-order valence-corrected chi connectivity index (χ2v) is 12.6. The first-order valence-corrected chi connectivity index (χ1v) is 15.5. The molecule has 9 nitrogen and oxygen atoms in total. The van der Waals surface area contributed by atoms with Crippen LogP contribution in [-0.4, -0.2) is 41.7 Å². The summed E-state index contributed by atoms with van der Waals surface area (Å²) in [6.07, 6.45) is 0. The van der Waals surface area contributed by atoms with E-state index in [0.717, 1.165) is 22.1 Å². The zero-order chi connectivity index (χ0) is 30.4. The fraction of sp³-hybridized carbons (Fsp3) is 0.152. The molecule has 3 amide bonds. The van der Waals surface area contributed by atoms with E-state index in [4.69, 9.17) is 9.47 Å². The standard InChI is InChI=1S/C33H25N3O6S2/c1-41-21-14-12-20(13-15-21)36-31(38)27-26(28-30(35-33(40)44-28)43-29(27)32(36)39)19-8-4-9-22(16-19)42-17-25(37)34-24-11-5-7-18-6-2-3-10-23(18)24/h2-16,26-27,29H,17H2,1H3,(H,34,37)(H,35,40). The van der Waals surface area contributed by atoms with Gasteiger partial charge in [0.15, 0.2) is 6.61 Å². The average molecular weight is 624 g/mol. The van der Waals surface area contributed by atoms with E-state index in [9.17, 15) is 19.2 Å². The molecule has 220 valence electrons. The molecular weight excluding hydrogens is 599 g/mol. The highest BCUT2D eigenvalue weighted by Crippen LogP contribution is 2.53. The van der Waals surface area contributed by atoms with E-state index in [1.54, 1.807) is 49.6 Å². The summed E-state index contributed by atoms with van der Waals surface area (Å²) in [5.74, 6) is -1.26. The summed E-state index contributed by atoms with van der Waals surface area (Å²) in [7, 11) is 1.55. The summed E-state index contributed by atoms with van der Waals surface area (Å²) >= 11 is 2.26. The summed E-state index contributed by atoms with van der Waals surface area (Å²) in [5, 5.41) is 4.73. The minimum absolute atomic E-state index is 0.231. The first-order chi connectivity index (χ1) is 21.4. The van der Waals surface area contributed by atoms with Gasteiger partial charge >= 0.3 is 4.87 Å². The third kappa shape index (κ3) is 4.93. The molecule has 0 spiro atoms. The number of amides is 3. The third-order valence-corrected chi connectivity index (χ3v) is 10.2. The number of carbonyl (C=O) groups is 3. The second-order valence-electron chi connectivity index (χ2n) is 10.4. The van der Waals surface area contributed by atoms with Crippen LogP contribution in [0.3, 0.4) is 0 Å². The van der Waals surface area contributed by atoms with Gasteiger partial charge in [-0.3, -0.25) is 19.2 Å². The van der Waals surface area contributed by atoms with Gasteiger partial charge in [0.05, 0.1) is 23.7 Å². The number of aromatic nitrogens is 1. The number of benzene rings is 4. The fourth-order valence-electron chi connectivity index (χ4n) is 5.83. The third-order valence-electron chi connectivity index (χ3n) is 7.81. The van der Waals surface area contributed by atoms with Crippen molar-refractivity contribution in [2.24, 2.45) is 5.92 Å². The number of thiazole rings is 1. The molecule has 3 unspecified atom stereocenters. The molecule has 2 N–H and O–H groups in total. The Morgan fingerprint density at radius 2 is 1.68 bits per heavy atom. The second kappa shape index (κ2) is 11.3. The molecule has 3 heterocycles. The summed E-state index contributed by atoms with van der Waals surface area (Å²) in [6, 6.07) is 27.4. The zero-order valence-electron chi connectivity index (χ0n) is 23.3. The predicted octanol–water partition coefficient (Wildman–Crippen LogP) is 5.41. The first-order valence-electron chi connectivity index (χ1n) is 13.8. The lowest BCUT2D eigenvalue weighted by Crippen LogP contribution is -2.32. The molecule has 0 radical (unpaired) electrons. The van der Waals surface area contributed by atoms with Crippen molar-refractivity contribution in [2.45, 2.75) is 16.2 Å². The number of nitrogens with one attached hydrogen (secondary N) is 2. The van der Waals surface area contributed by atoms with Gasteiger partial charge < -0.3 is 19.8 Å². The van der Waals surface area contributed by atoms with E-state index in [-0.39, 0.29) is 29.2 Å². The molecule has 44 heavy (non-hydrogen) atoms. The zero-order valence-corrected chi connectivity index (χ0v) is 24.9. The molecule has 1 saturated heterocycles. The van der Waals surface area contributed by atoms with E-state index in [1.165, 1.54) is 16.7 Å². The van der Waals surface area contributed by atoms with Crippen LogP contribution in [0, 0.1) is 5.92 Å². The van der Waals surface area contributed by atoms with Crippen molar-refractivity contribution in [1.82, 2.24) is 4.98 Å². The number of imide groups is 1. The van der Waals surface area contributed by atoms with Crippen molar-refractivity contribution in [3.05, 3.63) is 111 Å². The molecule has 4 aromatic carbocycles. The van der Waals surface area contributed by atoms with E-state index < -0.39 is 17.1 Å². The van der Waals surface area contributed by atoms with Crippen LogP contribution in [0.4, 0.5) is 11.4 Å². The molecule has 3 atom stereocenters. The van der Waals surface area contributed by atoms with E-state index in [2.05, 4.69) is 10.3 Å². The number of methoxy groups -OCH3 is 1. The quantitative estimate of drug-likeness (QED) is 0.233. The maximum absolute atomic E-state index is 14.0. The summed E-state index contributed by atoms with van der Waals surface area (Å²) in [5.41, 5.74) is 1.86. The van der Waals surface area contributed by atoms with Crippen LogP contribution < -0.4 is 24.6 Å². The van der Waals surface area contributed by atoms with E-state index in [1.807, 2.05) is 48.5 Å². The SMILES string of the molecule is COc1ccc(N2C(=O)C3Sc4[nH]c(=O)sc4C(c4cccc(OCC(=O)Nc5cccc6ccccc56)c4)C3C2=O)cc1. The Balaban J connectivity index is 1.15. The fourth-order valence-corrected chi connectivity index (χ4v) is 8.34. The monoisotopic (exact) mass is 623 g/mol. The van der Waals surface area contributed by atoms with Gasteiger partial charge in [0.2, 0.25) is 11.8 Å². The molecular formula is C33H25N3O6S2. The number of anilines is 2. The van der Waals surface area contributed by atoms with Gasteiger partial charge in [-0.15, -0.1) is 0 Å². The van der Waals surface area contributed by atoms with Gasteiger partial charge in [-0.1, -0.05) is 71.6 Å². The highest BCUT2D eigenvalue weighted by atomic mass is 32.2. The molecule has 7 rings (SSSR count). The Morgan fingerprint density at radius 3 is 2.50 bits per heavy atom. The van der Waals surface area contributed by atoms with E-state index in [0.29, 0.717) is 38.3 Å². The van der Waals surface area contributed by atoms with Crippen molar-refractivity contribution in [3.8, 4) is 11.5 Å². The van der Waals surface area contributed by atoms with Crippen molar-refractivity contribution in [3.63, 3.8) is 0 Å². The molecule has 11 heteroatoms. The number of hydrogen-bond donors (Lipinski definition) is 2. The minimum atomic E-state index is -0.738. The Morgan fingerprint density at radius 1 is 0.909 bits per heavy atom. The molecule has 5 aromatic rings. The Hall–Kier alpha value is -4.87. The number of carbonyl (C=O) groups excluding carboxylic acids is 3. The first kappa shape index (κ1) is 27.9. The summed E-state index contributed by atoms with van der Waals surface area (Å²) in [6.45, 7) is -0.231. The number of ether oxygens (including phenoxy) is 2. The smallest absolute Gasteiger partial charge is 0.305 e. The van der Waals surface area contributed by atoms with Crippen LogP contribution in [-0.2, 0) is 14.4 Å². The normalized spacial score (nSPS) is 19.0. The predicted molar refractivity (Wildman–Crippen MR) is 170 cm³/mol. The van der Waals surface area contributed by atoms with Crippen LogP contribution in [0.2, 0.25) is 0 Å². The molecule has 1 fully saturated rings. The average Bonchev–Trinajstić information content (AvgIpc) is 3.54. The van der Waals surface area contributed by atoms with Gasteiger partial charge in [0.25, 0.3) is 5.91 Å². The Kier molecular flexibility index (Phi) is 7.19. The maximum atomic E-state index is 14.0. The van der Waals surface area contributed by atoms with Crippen LogP contribution in [0.5, 0.6) is 11.5 Å². The number of nitrogens with zero attached hydrogens (tertiary/aromatic N) is 1. The largest absolute Gasteiger partial charge is 0.497 e.